The maximum absolute atomic E-state index is 12.3. The average Bonchev–Trinajstić information content (AvgIpc) is 2.42. The molecule has 2 aromatic rings. The molecule has 0 aliphatic heterocycles. The third-order valence-corrected chi connectivity index (χ3v) is 4.83. The molecule has 0 aromatic heterocycles. The Kier molecular flexibility index (Phi) is 6.10. The smallest absolute Gasteiger partial charge is 0.423 e. The van der Waals surface area contributed by atoms with E-state index >= 15 is 0 Å². The zero-order valence-electron chi connectivity index (χ0n) is 10.8. The lowest BCUT2D eigenvalue weighted by molar-refractivity contribution is 0.102. The summed E-state index contributed by atoms with van der Waals surface area (Å²) < 4.78 is 2.23. The van der Waals surface area contributed by atoms with Crippen LogP contribution in [0.3, 0.4) is 0 Å². The zero-order valence-corrected chi connectivity index (χ0v) is 16.3. The Balaban J connectivity index is 2.32. The molecule has 0 aliphatic rings. The van der Waals surface area contributed by atoms with Crippen LogP contribution in [-0.2, 0) is 0 Å². The van der Waals surface area contributed by atoms with Gasteiger partial charge in [0.15, 0.2) is 0 Å². The second-order valence-corrected chi connectivity index (χ2v) is 7.34. The summed E-state index contributed by atoms with van der Waals surface area (Å²) in [6, 6.07) is 7.88. The Morgan fingerprint density at radius 3 is 2.23 bits per heavy atom. The quantitative estimate of drug-likeness (QED) is 0.552. The van der Waals surface area contributed by atoms with Gasteiger partial charge in [0.2, 0.25) is 0 Å². The number of benzene rings is 2. The summed E-state index contributed by atoms with van der Waals surface area (Å²) in [4.78, 5) is 12.3. The van der Waals surface area contributed by atoms with E-state index in [-0.39, 0.29) is 16.0 Å². The number of hydrogen-bond donors (Lipinski definition) is 3. The van der Waals surface area contributed by atoms with E-state index < -0.39 is 13.0 Å². The zero-order chi connectivity index (χ0) is 16.4. The first kappa shape index (κ1) is 18.0. The summed E-state index contributed by atoms with van der Waals surface area (Å²) in [5.41, 5.74) is 0.895. The van der Waals surface area contributed by atoms with Crippen LogP contribution in [0.2, 0.25) is 5.02 Å². The van der Waals surface area contributed by atoms with Gasteiger partial charge in [-0.3, -0.25) is 4.79 Å². The van der Waals surface area contributed by atoms with Crippen molar-refractivity contribution in [2.75, 3.05) is 5.32 Å². The number of carbonyl (C=O) groups excluding carboxylic acids is 1. The normalized spacial score (nSPS) is 10.5. The first-order chi connectivity index (χ1) is 10.3. The van der Waals surface area contributed by atoms with Crippen molar-refractivity contribution in [3.05, 3.63) is 54.3 Å². The molecule has 0 radical (unpaired) electrons. The van der Waals surface area contributed by atoms with Gasteiger partial charge in [-0.15, -0.1) is 0 Å². The van der Waals surface area contributed by atoms with Crippen molar-refractivity contribution >= 4 is 83.6 Å². The number of anilines is 1. The highest BCUT2D eigenvalue weighted by atomic mass is 79.9. The van der Waals surface area contributed by atoms with E-state index in [4.69, 9.17) is 11.6 Å². The van der Waals surface area contributed by atoms with Gasteiger partial charge in [0.25, 0.3) is 5.91 Å². The number of rotatable bonds is 3. The summed E-state index contributed by atoms with van der Waals surface area (Å²) in [6.07, 6.45) is 0. The molecule has 4 nitrogen and oxygen atoms in total. The fraction of sp³-hybridized carbons (Fsp3) is 0. The minimum absolute atomic E-state index is 0.0725. The second kappa shape index (κ2) is 7.46. The van der Waals surface area contributed by atoms with Gasteiger partial charge in [0.05, 0.1) is 5.69 Å². The lowest BCUT2D eigenvalue weighted by Gasteiger charge is -2.11. The predicted octanol–water partition coefficient (Wildman–Crippen LogP) is 3.56. The number of hydrogen-bond acceptors (Lipinski definition) is 3. The molecule has 0 bridgehead atoms. The molecule has 114 valence electrons. The van der Waals surface area contributed by atoms with Crippen LogP contribution in [-0.4, -0.2) is 23.1 Å². The molecular formula is C13H8BBr3ClNO3. The maximum atomic E-state index is 12.3. The number of nitrogens with one attached hydrogen (secondary N) is 1. The van der Waals surface area contributed by atoms with E-state index in [1.165, 1.54) is 18.2 Å². The molecule has 1 amide bonds. The Bertz CT molecular complexity index is 719. The first-order valence-corrected chi connectivity index (χ1v) is 8.66. The minimum atomic E-state index is -1.74. The lowest BCUT2D eigenvalue weighted by atomic mass is 9.79. The van der Waals surface area contributed by atoms with Crippen LogP contribution in [0.4, 0.5) is 5.69 Å². The standard InChI is InChI=1S/C13H8BBr3ClNO3/c15-7-4-9(16)12(10(17)5-7)19-13(20)6-1-2-11(18)8(3-6)14(21)22/h1-5,21-22H,(H,19,20). The summed E-state index contributed by atoms with van der Waals surface area (Å²) in [7, 11) is -1.74. The molecule has 9 heteroatoms. The van der Waals surface area contributed by atoms with Crippen molar-refractivity contribution in [3.8, 4) is 0 Å². The second-order valence-electron chi connectivity index (χ2n) is 4.31. The predicted molar refractivity (Wildman–Crippen MR) is 98.8 cm³/mol. The SMILES string of the molecule is O=C(Nc1c(Br)cc(Br)cc1Br)c1ccc(Cl)c(B(O)O)c1. The van der Waals surface area contributed by atoms with Gasteiger partial charge >= 0.3 is 7.12 Å². The van der Waals surface area contributed by atoms with Crippen LogP contribution in [0.25, 0.3) is 0 Å². The van der Waals surface area contributed by atoms with Crippen molar-refractivity contribution < 1.29 is 14.8 Å². The van der Waals surface area contributed by atoms with E-state index in [1.807, 2.05) is 0 Å². The van der Waals surface area contributed by atoms with Crippen LogP contribution in [0, 0.1) is 0 Å². The fourth-order valence-corrected chi connectivity index (χ4v) is 4.40. The van der Waals surface area contributed by atoms with E-state index in [9.17, 15) is 14.8 Å². The highest BCUT2D eigenvalue weighted by Gasteiger charge is 2.19. The van der Waals surface area contributed by atoms with Crippen LogP contribution in [0.5, 0.6) is 0 Å². The molecule has 0 saturated heterocycles. The lowest BCUT2D eigenvalue weighted by Crippen LogP contribution is -2.32. The molecule has 2 rings (SSSR count). The largest absolute Gasteiger partial charge is 0.489 e. The average molecular weight is 512 g/mol. The van der Waals surface area contributed by atoms with Gasteiger partial charge in [-0.05, 0) is 62.2 Å². The first-order valence-electron chi connectivity index (χ1n) is 5.91. The molecule has 3 N–H and O–H groups in total. The topological polar surface area (TPSA) is 69.6 Å². The Labute approximate surface area is 157 Å². The van der Waals surface area contributed by atoms with Crippen molar-refractivity contribution in [1.29, 1.82) is 0 Å². The number of halogens is 4. The summed E-state index contributed by atoms with van der Waals surface area (Å²) >= 11 is 15.9. The highest BCUT2D eigenvalue weighted by molar-refractivity contribution is 9.11. The Hall–Kier alpha value is -0.375. The molecule has 0 aliphatic carbocycles. The van der Waals surface area contributed by atoms with Gasteiger partial charge in [-0.2, -0.15) is 0 Å². The van der Waals surface area contributed by atoms with E-state index in [0.29, 0.717) is 14.6 Å². The molecule has 0 heterocycles. The van der Waals surface area contributed by atoms with Gasteiger partial charge in [-0.25, -0.2) is 0 Å². The van der Waals surface area contributed by atoms with Crippen molar-refractivity contribution in [1.82, 2.24) is 0 Å². The van der Waals surface area contributed by atoms with Gasteiger partial charge in [0, 0.05) is 29.5 Å². The van der Waals surface area contributed by atoms with Crippen molar-refractivity contribution in [2.24, 2.45) is 0 Å². The van der Waals surface area contributed by atoms with E-state index in [1.54, 1.807) is 12.1 Å². The van der Waals surface area contributed by atoms with Crippen LogP contribution >= 0.6 is 59.4 Å². The van der Waals surface area contributed by atoms with Crippen molar-refractivity contribution in [3.63, 3.8) is 0 Å². The van der Waals surface area contributed by atoms with E-state index in [2.05, 4.69) is 53.1 Å². The highest BCUT2D eigenvalue weighted by Crippen LogP contribution is 2.34. The third kappa shape index (κ3) is 4.12. The van der Waals surface area contributed by atoms with Crippen LogP contribution in [0.15, 0.2) is 43.7 Å². The molecule has 0 spiro atoms. The molecule has 2 aromatic carbocycles. The van der Waals surface area contributed by atoms with Crippen LogP contribution in [0.1, 0.15) is 10.4 Å². The molecule has 22 heavy (non-hydrogen) atoms. The summed E-state index contributed by atoms with van der Waals surface area (Å²) in [5, 5.41) is 21.4. The summed E-state index contributed by atoms with van der Waals surface area (Å²) in [6.45, 7) is 0. The number of amides is 1. The van der Waals surface area contributed by atoms with Gasteiger partial charge in [-0.1, -0.05) is 27.5 Å². The Morgan fingerprint density at radius 2 is 1.68 bits per heavy atom. The minimum Gasteiger partial charge on any atom is -0.423 e. The molecule has 0 unspecified atom stereocenters. The van der Waals surface area contributed by atoms with Gasteiger partial charge in [0.1, 0.15) is 0 Å². The van der Waals surface area contributed by atoms with Crippen molar-refractivity contribution in [2.45, 2.75) is 0 Å². The molecular weight excluding hydrogens is 504 g/mol. The number of carbonyl (C=O) groups is 1. The van der Waals surface area contributed by atoms with Gasteiger partial charge < -0.3 is 15.4 Å². The summed E-state index contributed by atoms with van der Waals surface area (Å²) in [5.74, 6) is -0.401. The molecule has 0 saturated carbocycles. The Morgan fingerprint density at radius 1 is 1.09 bits per heavy atom. The monoisotopic (exact) mass is 509 g/mol. The molecule has 0 fully saturated rings. The van der Waals surface area contributed by atoms with E-state index in [0.717, 1.165) is 4.47 Å². The maximum Gasteiger partial charge on any atom is 0.489 e. The van der Waals surface area contributed by atoms with Crippen LogP contribution < -0.4 is 10.8 Å². The third-order valence-electron chi connectivity index (χ3n) is 2.78. The fourth-order valence-electron chi connectivity index (χ4n) is 1.73. The molecule has 0 atom stereocenters.